The van der Waals surface area contributed by atoms with Crippen LogP contribution in [0.2, 0.25) is 0 Å². The fraction of sp³-hybridized carbons (Fsp3) is 0.526. The molecule has 0 amide bonds. The predicted octanol–water partition coefficient (Wildman–Crippen LogP) is 2.95. The first kappa shape index (κ1) is 21.5. The summed E-state index contributed by atoms with van der Waals surface area (Å²) in [6, 6.07) is 4.32. The van der Waals surface area contributed by atoms with Crippen LogP contribution in [0.25, 0.3) is 0 Å². The van der Waals surface area contributed by atoms with Crippen molar-refractivity contribution in [2.75, 3.05) is 26.7 Å². The third kappa shape index (κ3) is 5.57. The number of imidazole rings is 1. The first-order valence-corrected chi connectivity index (χ1v) is 9.21. The topological polar surface area (TPSA) is 67.6 Å². The van der Waals surface area contributed by atoms with Crippen molar-refractivity contribution in [3.8, 4) is 5.88 Å². The van der Waals surface area contributed by atoms with Crippen molar-refractivity contribution in [3.63, 3.8) is 0 Å². The summed E-state index contributed by atoms with van der Waals surface area (Å²) in [6.07, 6.45) is 8.71. The molecule has 1 aliphatic rings. The third-order valence-corrected chi connectivity index (χ3v) is 4.88. The van der Waals surface area contributed by atoms with Gasteiger partial charge in [0.05, 0.1) is 26.0 Å². The van der Waals surface area contributed by atoms with Crippen LogP contribution in [0.3, 0.4) is 0 Å². The molecule has 2 aromatic heterocycles. The summed E-state index contributed by atoms with van der Waals surface area (Å²) in [5.41, 5.74) is 1.09. The van der Waals surface area contributed by atoms with E-state index in [-0.39, 0.29) is 24.0 Å². The van der Waals surface area contributed by atoms with E-state index in [1.807, 2.05) is 24.7 Å². The summed E-state index contributed by atoms with van der Waals surface area (Å²) >= 11 is 0. The summed E-state index contributed by atoms with van der Waals surface area (Å²) in [4.78, 5) is 15.6. The number of methoxy groups -OCH3 is 1. The lowest BCUT2D eigenvalue weighted by Crippen LogP contribution is -2.49. The Bertz CT molecular complexity index is 721. The number of rotatable bonds is 5. The van der Waals surface area contributed by atoms with Crippen LogP contribution in [-0.2, 0) is 6.54 Å². The van der Waals surface area contributed by atoms with E-state index in [0.29, 0.717) is 24.4 Å². The molecule has 0 saturated carbocycles. The number of hydrogen-bond acceptors (Lipinski definition) is 4. The molecule has 7 nitrogen and oxygen atoms in total. The molecule has 0 radical (unpaired) electrons. The zero-order valence-corrected chi connectivity index (χ0v) is 18.5. The molecule has 0 spiro atoms. The standard InChI is InChI=1S/C19H28N6O.HI/c1-4-21-19(23-12-16-5-7-22-18(11-16)26-3)24-9-6-15(2)17(13-24)25-10-8-20-14-25;/h5,7-8,10-11,14-15,17H,4,6,9,12-13H2,1-3H3,(H,21,23);1H. The number of aromatic nitrogens is 3. The second-order valence-corrected chi connectivity index (χ2v) is 6.67. The fourth-order valence-electron chi connectivity index (χ4n) is 3.35. The van der Waals surface area contributed by atoms with Crippen LogP contribution < -0.4 is 10.1 Å². The number of guanidine groups is 1. The lowest BCUT2D eigenvalue weighted by atomic mass is 9.93. The van der Waals surface area contributed by atoms with E-state index in [1.165, 1.54) is 0 Å². The van der Waals surface area contributed by atoms with Gasteiger partial charge in [0, 0.05) is 44.3 Å². The highest BCUT2D eigenvalue weighted by Crippen LogP contribution is 2.27. The molecular weight excluding hydrogens is 455 g/mol. The number of nitrogens with one attached hydrogen (secondary N) is 1. The number of ether oxygens (including phenoxy) is 1. The zero-order valence-electron chi connectivity index (χ0n) is 16.2. The Kier molecular flexibility index (Phi) is 8.33. The van der Waals surface area contributed by atoms with Gasteiger partial charge in [-0.2, -0.15) is 0 Å². The number of pyridine rings is 1. The van der Waals surface area contributed by atoms with Crippen LogP contribution in [0, 0.1) is 5.92 Å². The Morgan fingerprint density at radius 1 is 1.41 bits per heavy atom. The Balaban J connectivity index is 0.00000261. The number of hydrogen-bond donors (Lipinski definition) is 1. The molecule has 1 N–H and O–H groups in total. The minimum atomic E-state index is 0. The van der Waals surface area contributed by atoms with Crippen LogP contribution in [0.4, 0.5) is 0 Å². The second kappa shape index (κ2) is 10.5. The second-order valence-electron chi connectivity index (χ2n) is 6.67. The first-order valence-electron chi connectivity index (χ1n) is 9.21. The maximum atomic E-state index is 5.20. The summed E-state index contributed by atoms with van der Waals surface area (Å²) in [5, 5.41) is 3.44. The predicted molar refractivity (Wildman–Crippen MR) is 118 cm³/mol. The van der Waals surface area contributed by atoms with E-state index in [1.54, 1.807) is 13.3 Å². The van der Waals surface area contributed by atoms with Crippen molar-refractivity contribution in [2.24, 2.45) is 10.9 Å². The van der Waals surface area contributed by atoms with Gasteiger partial charge in [-0.15, -0.1) is 24.0 Å². The summed E-state index contributed by atoms with van der Waals surface area (Å²) in [7, 11) is 1.63. The van der Waals surface area contributed by atoms with Gasteiger partial charge in [0.1, 0.15) is 0 Å². The van der Waals surface area contributed by atoms with Crippen LogP contribution in [0.1, 0.15) is 31.9 Å². The first-order chi connectivity index (χ1) is 12.7. The van der Waals surface area contributed by atoms with Crippen molar-refractivity contribution >= 4 is 29.9 Å². The summed E-state index contributed by atoms with van der Waals surface area (Å²) in [6.45, 7) is 7.81. The summed E-state index contributed by atoms with van der Waals surface area (Å²) in [5.74, 6) is 2.20. The van der Waals surface area contributed by atoms with Gasteiger partial charge in [-0.05, 0) is 30.9 Å². The van der Waals surface area contributed by atoms with Crippen LogP contribution in [0.5, 0.6) is 5.88 Å². The van der Waals surface area contributed by atoms with Crippen molar-refractivity contribution in [3.05, 3.63) is 42.6 Å². The lowest BCUT2D eigenvalue weighted by Gasteiger charge is -2.39. The number of piperidine rings is 1. The summed E-state index contributed by atoms with van der Waals surface area (Å²) < 4.78 is 7.41. The molecular formula is C19H29IN6O. The van der Waals surface area contributed by atoms with Gasteiger partial charge in [0.15, 0.2) is 5.96 Å². The van der Waals surface area contributed by atoms with Crippen LogP contribution >= 0.6 is 24.0 Å². The van der Waals surface area contributed by atoms with Crippen molar-refractivity contribution in [2.45, 2.75) is 32.9 Å². The van der Waals surface area contributed by atoms with Crippen molar-refractivity contribution in [1.82, 2.24) is 24.8 Å². The van der Waals surface area contributed by atoms with E-state index in [4.69, 9.17) is 9.73 Å². The molecule has 3 rings (SSSR count). The molecule has 1 aliphatic heterocycles. The minimum absolute atomic E-state index is 0. The Morgan fingerprint density at radius 2 is 2.26 bits per heavy atom. The van der Waals surface area contributed by atoms with E-state index in [9.17, 15) is 0 Å². The Labute approximate surface area is 178 Å². The third-order valence-electron chi connectivity index (χ3n) is 4.88. The molecule has 0 aromatic carbocycles. The largest absolute Gasteiger partial charge is 0.481 e. The van der Waals surface area contributed by atoms with E-state index >= 15 is 0 Å². The molecule has 148 valence electrons. The molecule has 0 bridgehead atoms. The zero-order chi connectivity index (χ0) is 18.4. The maximum absolute atomic E-state index is 5.20. The SMILES string of the molecule is CCNC(=NCc1ccnc(OC)c1)N1CCC(C)C(n2ccnc2)C1.I. The van der Waals surface area contributed by atoms with Crippen molar-refractivity contribution < 1.29 is 4.74 Å². The highest BCUT2D eigenvalue weighted by atomic mass is 127. The number of likely N-dealkylation sites (tertiary alicyclic amines) is 1. The van der Waals surface area contributed by atoms with Gasteiger partial charge in [0.2, 0.25) is 5.88 Å². The molecule has 8 heteroatoms. The van der Waals surface area contributed by atoms with Gasteiger partial charge >= 0.3 is 0 Å². The quantitative estimate of drug-likeness (QED) is 0.402. The fourth-order valence-corrected chi connectivity index (χ4v) is 3.35. The normalized spacial score (nSPS) is 20.1. The lowest BCUT2D eigenvalue weighted by molar-refractivity contribution is 0.189. The van der Waals surface area contributed by atoms with Crippen molar-refractivity contribution in [1.29, 1.82) is 0 Å². The van der Waals surface area contributed by atoms with E-state index in [0.717, 1.165) is 37.6 Å². The van der Waals surface area contributed by atoms with Crippen LogP contribution in [0.15, 0.2) is 42.0 Å². The molecule has 2 atom stereocenters. The van der Waals surface area contributed by atoms with Gasteiger partial charge in [-0.1, -0.05) is 6.92 Å². The van der Waals surface area contributed by atoms with Gasteiger partial charge in [-0.25, -0.2) is 15.0 Å². The van der Waals surface area contributed by atoms with Gasteiger partial charge in [-0.3, -0.25) is 0 Å². The minimum Gasteiger partial charge on any atom is -0.481 e. The number of halogens is 1. The van der Waals surface area contributed by atoms with Gasteiger partial charge in [0.25, 0.3) is 0 Å². The van der Waals surface area contributed by atoms with Gasteiger partial charge < -0.3 is 19.5 Å². The average molecular weight is 484 g/mol. The average Bonchev–Trinajstić information content (AvgIpc) is 3.20. The number of aliphatic imine (C=N–C) groups is 1. The molecule has 1 fully saturated rings. The smallest absolute Gasteiger partial charge is 0.213 e. The molecule has 2 unspecified atom stereocenters. The Morgan fingerprint density at radius 3 is 2.96 bits per heavy atom. The number of nitrogens with zero attached hydrogens (tertiary/aromatic N) is 5. The monoisotopic (exact) mass is 484 g/mol. The molecule has 27 heavy (non-hydrogen) atoms. The molecule has 0 aliphatic carbocycles. The highest BCUT2D eigenvalue weighted by Gasteiger charge is 2.28. The Hall–Kier alpha value is -1.84. The highest BCUT2D eigenvalue weighted by molar-refractivity contribution is 14.0. The van der Waals surface area contributed by atoms with Crippen LogP contribution in [-0.4, -0.2) is 52.1 Å². The molecule has 3 heterocycles. The molecule has 2 aromatic rings. The van der Waals surface area contributed by atoms with E-state index in [2.05, 4.69) is 44.8 Å². The van der Waals surface area contributed by atoms with E-state index < -0.39 is 0 Å². The maximum Gasteiger partial charge on any atom is 0.213 e. The molecule has 1 saturated heterocycles.